The largest absolute Gasteiger partial charge is 0.480 e. The Morgan fingerprint density at radius 3 is 2.28 bits per heavy atom. The van der Waals surface area contributed by atoms with E-state index in [0.29, 0.717) is 22.1 Å². The molecule has 0 aliphatic rings. The van der Waals surface area contributed by atoms with Crippen molar-refractivity contribution in [3.05, 3.63) is 45.5 Å². The SMILES string of the molecule is Cc1coc2cc3oc(=O)c(CCC(=O)N(CC(=O)O)CC(=O)O)c(C)c3cc12. The summed E-state index contributed by atoms with van der Waals surface area (Å²) in [5, 5.41) is 19.3. The Kier molecular flexibility index (Phi) is 5.40. The third-order valence-electron chi connectivity index (χ3n) is 4.77. The Bertz CT molecular complexity index is 1170. The minimum absolute atomic E-state index is 0.00108. The molecule has 1 aromatic carbocycles. The van der Waals surface area contributed by atoms with Gasteiger partial charge in [0.25, 0.3) is 0 Å². The maximum atomic E-state index is 12.4. The maximum Gasteiger partial charge on any atom is 0.339 e. The molecule has 2 heterocycles. The molecule has 9 nitrogen and oxygen atoms in total. The number of carboxylic acid groups (broad SMARTS) is 2. The summed E-state index contributed by atoms with van der Waals surface area (Å²) in [5.41, 5.74) is 2.23. The van der Waals surface area contributed by atoms with Crippen molar-refractivity contribution in [1.29, 1.82) is 0 Å². The van der Waals surface area contributed by atoms with Gasteiger partial charge in [0.1, 0.15) is 24.3 Å². The van der Waals surface area contributed by atoms with E-state index in [9.17, 15) is 19.2 Å². The van der Waals surface area contributed by atoms with Crippen molar-refractivity contribution in [3.63, 3.8) is 0 Å². The van der Waals surface area contributed by atoms with Crippen LogP contribution in [0.2, 0.25) is 0 Å². The predicted molar refractivity (Wildman–Crippen MR) is 102 cm³/mol. The second kappa shape index (κ2) is 7.78. The van der Waals surface area contributed by atoms with Gasteiger partial charge in [0, 0.05) is 28.8 Å². The van der Waals surface area contributed by atoms with Gasteiger partial charge in [-0.3, -0.25) is 14.4 Å². The Labute approximate surface area is 164 Å². The topological polar surface area (TPSA) is 138 Å². The van der Waals surface area contributed by atoms with Crippen molar-refractivity contribution in [1.82, 2.24) is 4.90 Å². The van der Waals surface area contributed by atoms with Crippen LogP contribution in [0.3, 0.4) is 0 Å². The summed E-state index contributed by atoms with van der Waals surface area (Å²) in [6, 6.07) is 3.50. The summed E-state index contributed by atoms with van der Waals surface area (Å²) in [4.78, 5) is 47.2. The number of hydrogen-bond acceptors (Lipinski definition) is 6. The summed E-state index contributed by atoms with van der Waals surface area (Å²) in [5.74, 6) is -3.31. The van der Waals surface area contributed by atoms with E-state index in [-0.39, 0.29) is 18.4 Å². The molecule has 2 N–H and O–H groups in total. The van der Waals surface area contributed by atoms with Crippen LogP contribution < -0.4 is 5.63 Å². The third kappa shape index (κ3) is 4.13. The van der Waals surface area contributed by atoms with Gasteiger partial charge < -0.3 is 23.9 Å². The molecule has 0 fully saturated rings. The van der Waals surface area contributed by atoms with Crippen LogP contribution in [0.15, 0.2) is 32.0 Å². The molecule has 0 aliphatic carbocycles. The monoisotopic (exact) mass is 401 g/mol. The van der Waals surface area contributed by atoms with Crippen molar-refractivity contribution < 1.29 is 33.4 Å². The van der Waals surface area contributed by atoms with Gasteiger partial charge >= 0.3 is 17.6 Å². The smallest absolute Gasteiger partial charge is 0.339 e. The molecule has 0 atom stereocenters. The first-order valence-corrected chi connectivity index (χ1v) is 8.83. The summed E-state index contributed by atoms with van der Waals surface area (Å²) in [6.45, 7) is 2.18. The summed E-state index contributed by atoms with van der Waals surface area (Å²) < 4.78 is 10.8. The summed E-state index contributed by atoms with van der Waals surface area (Å²) in [7, 11) is 0. The zero-order valence-electron chi connectivity index (χ0n) is 15.9. The van der Waals surface area contributed by atoms with E-state index >= 15 is 0 Å². The van der Waals surface area contributed by atoms with Gasteiger partial charge in [-0.1, -0.05) is 0 Å². The number of benzene rings is 1. The summed E-state index contributed by atoms with van der Waals surface area (Å²) >= 11 is 0. The predicted octanol–water partition coefficient (Wildman–Crippen LogP) is 2.09. The molecule has 0 spiro atoms. The van der Waals surface area contributed by atoms with E-state index in [0.717, 1.165) is 15.8 Å². The first-order valence-electron chi connectivity index (χ1n) is 8.83. The fraction of sp³-hybridized carbons (Fsp3) is 0.300. The van der Waals surface area contributed by atoms with E-state index in [1.165, 1.54) is 0 Å². The van der Waals surface area contributed by atoms with Crippen LogP contribution in [0.5, 0.6) is 0 Å². The highest BCUT2D eigenvalue weighted by Crippen LogP contribution is 2.29. The Morgan fingerprint density at radius 1 is 1.00 bits per heavy atom. The minimum Gasteiger partial charge on any atom is -0.480 e. The number of carbonyl (C=O) groups excluding carboxylic acids is 1. The number of aliphatic carboxylic acids is 2. The van der Waals surface area contributed by atoms with Crippen molar-refractivity contribution in [2.75, 3.05) is 13.1 Å². The van der Waals surface area contributed by atoms with Gasteiger partial charge in [-0.2, -0.15) is 0 Å². The molecule has 0 bridgehead atoms. The Hall–Kier alpha value is -3.62. The molecule has 9 heteroatoms. The van der Waals surface area contributed by atoms with Gasteiger partial charge in [-0.15, -0.1) is 0 Å². The number of fused-ring (bicyclic) bond motifs is 2. The molecule has 29 heavy (non-hydrogen) atoms. The fourth-order valence-corrected chi connectivity index (χ4v) is 3.28. The normalized spacial score (nSPS) is 11.1. The van der Waals surface area contributed by atoms with Gasteiger partial charge in [0.2, 0.25) is 5.91 Å². The van der Waals surface area contributed by atoms with E-state index in [4.69, 9.17) is 19.0 Å². The minimum atomic E-state index is -1.32. The number of hydrogen-bond donors (Lipinski definition) is 2. The first kappa shape index (κ1) is 20.1. The number of nitrogens with zero attached hydrogens (tertiary/aromatic N) is 1. The molecule has 3 rings (SSSR count). The molecule has 0 aliphatic heterocycles. The maximum absolute atomic E-state index is 12.4. The molecule has 0 saturated carbocycles. The molecule has 152 valence electrons. The number of furan rings is 1. The number of carbonyl (C=O) groups is 3. The van der Waals surface area contributed by atoms with E-state index < -0.39 is 36.6 Å². The molecule has 0 saturated heterocycles. The number of amides is 1. The first-order chi connectivity index (χ1) is 13.7. The van der Waals surface area contributed by atoms with Crippen LogP contribution in [-0.4, -0.2) is 46.0 Å². The third-order valence-corrected chi connectivity index (χ3v) is 4.77. The van der Waals surface area contributed by atoms with E-state index in [2.05, 4.69) is 0 Å². The number of carboxylic acids is 2. The molecule has 3 aromatic rings. The van der Waals surface area contributed by atoms with Gasteiger partial charge in [-0.25, -0.2) is 4.79 Å². The second-order valence-electron chi connectivity index (χ2n) is 6.79. The van der Waals surface area contributed by atoms with Crippen LogP contribution in [0.25, 0.3) is 21.9 Å². The Balaban J connectivity index is 1.91. The lowest BCUT2D eigenvalue weighted by Gasteiger charge is -2.18. The lowest BCUT2D eigenvalue weighted by molar-refractivity contribution is -0.149. The molecular weight excluding hydrogens is 382 g/mol. The van der Waals surface area contributed by atoms with Crippen LogP contribution in [0.1, 0.15) is 23.1 Å². The average Bonchev–Trinajstić information content (AvgIpc) is 2.98. The molecule has 1 amide bonds. The zero-order chi connectivity index (χ0) is 21.3. The quantitative estimate of drug-likeness (QED) is 0.574. The van der Waals surface area contributed by atoms with Crippen LogP contribution in [-0.2, 0) is 20.8 Å². The van der Waals surface area contributed by atoms with Crippen LogP contribution >= 0.6 is 0 Å². The standard InChI is InChI=1S/C20H19NO8/c1-10-9-28-15-6-16-14(5-13(10)15)11(2)12(20(27)29-16)3-4-17(22)21(7-18(23)24)8-19(25)26/h5-6,9H,3-4,7-8H2,1-2H3,(H,23,24)(H,25,26). The highest BCUT2D eigenvalue weighted by atomic mass is 16.4. The zero-order valence-corrected chi connectivity index (χ0v) is 15.9. The van der Waals surface area contributed by atoms with E-state index in [1.807, 2.05) is 13.0 Å². The highest BCUT2D eigenvalue weighted by molar-refractivity contribution is 5.96. The van der Waals surface area contributed by atoms with Crippen molar-refractivity contribution >= 4 is 39.8 Å². The van der Waals surface area contributed by atoms with E-state index in [1.54, 1.807) is 19.3 Å². The Morgan fingerprint density at radius 2 is 1.66 bits per heavy atom. The highest BCUT2D eigenvalue weighted by Gasteiger charge is 2.21. The molecule has 2 aromatic heterocycles. The second-order valence-corrected chi connectivity index (χ2v) is 6.79. The fourth-order valence-electron chi connectivity index (χ4n) is 3.28. The van der Waals surface area contributed by atoms with Gasteiger partial charge in [0.15, 0.2) is 0 Å². The molecule has 0 unspecified atom stereocenters. The van der Waals surface area contributed by atoms with Crippen LogP contribution in [0, 0.1) is 13.8 Å². The average molecular weight is 401 g/mol. The molecular formula is C20H19NO8. The van der Waals surface area contributed by atoms with Gasteiger partial charge in [-0.05, 0) is 37.5 Å². The van der Waals surface area contributed by atoms with Crippen molar-refractivity contribution in [2.24, 2.45) is 0 Å². The van der Waals surface area contributed by atoms with Crippen LogP contribution in [0.4, 0.5) is 0 Å². The van der Waals surface area contributed by atoms with Gasteiger partial charge in [0.05, 0.1) is 6.26 Å². The number of aryl methyl sites for hydroxylation is 2. The van der Waals surface area contributed by atoms with Crippen molar-refractivity contribution in [2.45, 2.75) is 26.7 Å². The van der Waals surface area contributed by atoms with Crippen molar-refractivity contribution in [3.8, 4) is 0 Å². The summed E-state index contributed by atoms with van der Waals surface area (Å²) in [6.07, 6.45) is 1.39. The molecule has 0 radical (unpaired) electrons. The lowest BCUT2D eigenvalue weighted by Crippen LogP contribution is -2.39. The lowest BCUT2D eigenvalue weighted by atomic mass is 10.0. The number of rotatable bonds is 7.